The molecule has 0 spiro atoms. The number of methoxy groups -OCH3 is 1. The molecule has 0 aromatic heterocycles. The molecule has 0 aliphatic heterocycles. The number of benzene rings is 1. The summed E-state index contributed by atoms with van der Waals surface area (Å²) >= 11 is 3.47. The van der Waals surface area contributed by atoms with Gasteiger partial charge in [0, 0.05) is 10.4 Å². The third-order valence-electron chi connectivity index (χ3n) is 3.18. The normalized spacial score (nSPS) is 12.3. The molecular weight excluding hydrogens is 292 g/mol. The summed E-state index contributed by atoms with van der Waals surface area (Å²) in [6.45, 7) is 6.12. The molecule has 1 aromatic rings. The van der Waals surface area contributed by atoms with E-state index in [9.17, 15) is 4.79 Å². The highest BCUT2D eigenvalue weighted by Crippen LogP contribution is 2.29. The summed E-state index contributed by atoms with van der Waals surface area (Å²) in [4.78, 5) is 12.4. The van der Waals surface area contributed by atoms with Gasteiger partial charge in [0.1, 0.15) is 5.75 Å². The van der Waals surface area contributed by atoms with E-state index in [-0.39, 0.29) is 11.7 Å². The molecule has 0 amide bonds. The lowest BCUT2D eigenvalue weighted by atomic mass is 9.93. The fourth-order valence-corrected chi connectivity index (χ4v) is 2.27. The van der Waals surface area contributed by atoms with Gasteiger partial charge in [-0.3, -0.25) is 4.79 Å². The molecule has 0 bridgehead atoms. The lowest BCUT2D eigenvalue weighted by molar-refractivity contribution is 0.0919. The minimum atomic E-state index is 0.0495. The van der Waals surface area contributed by atoms with Crippen molar-refractivity contribution < 1.29 is 9.53 Å². The molecule has 1 unspecified atom stereocenters. The Morgan fingerprint density at radius 2 is 2.11 bits per heavy atom. The molecule has 0 heterocycles. The predicted octanol–water partition coefficient (Wildman–Crippen LogP) is 4.78. The van der Waals surface area contributed by atoms with E-state index in [1.165, 1.54) is 0 Å². The second-order valence-electron chi connectivity index (χ2n) is 4.71. The molecule has 0 saturated heterocycles. The van der Waals surface area contributed by atoms with Crippen molar-refractivity contribution in [2.75, 3.05) is 7.11 Å². The molecule has 1 atom stereocenters. The van der Waals surface area contributed by atoms with Crippen LogP contribution < -0.4 is 4.74 Å². The van der Waals surface area contributed by atoms with Crippen LogP contribution in [0.1, 0.15) is 49.0 Å². The highest BCUT2D eigenvalue weighted by atomic mass is 79.9. The summed E-state index contributed by atoms with van der Waals surface area (Å²) in [5.41, 5.74) is 1.75. The van der Waals surface area contributed by atoms with Gasteiger partial charge in [0.15, 0.2) is 5.78 Å². The Morgan fingerprint density at radius 1 is 1.44 bits per heavy atom. The molecular formula is C15H21BrO2. The Hall–Kier alpha value is -0.830. The average Bonchev–Trinajstić information content (AvgIpc) is 2.37. The molecule has 1 aromatic carbocycles. The van der Waals surface area contributed by atoms with Crippen LogP contribution in [-0.2, 0) is 0 Å². The topological polar surface area (TPSA) is 26.3 Å². The van der Waals surface area contributed by atoms with Gasteiger partial charge in [-0.1, -0.05) is 42.6 Å². The highest BCUT2D eigenvalue weighted by Gasteiger charge is 2.19. The zero-order valence-electron chi connectivity index (χ0n) is 11.5. The quantitative estimate of drug-likeness (QED) is 0.707. The molecule has 0 aliphatic carbocycles. The molecule has 18 heavy (non-hydrogen) atoms. The molecule has 0 radical (unpaired) electrons. The van der Waals surface area contributed by atoms with Crippen molar-refractivity contribution in [3.63, 3.8) is 0 Å². The standard InChI is InChI=1S/C15H21BrO2/c1-5-6-7-10(2)15(17)12-9-13(16)11(3)8-14(12)18-4/h8-10H,5-7H2,1-4H3. The van der Waals surface area contributed by atoms with Crippen molar-refractivity contribution in [1.29, 1.82) is 0 Å². The molecule has 0 N–H and O–H groups in total. The highest BCUT2D eigenvalue weighted by molar-refractivity contribution is 9.10. The first-order chi connectivity index (χ1) is 8.51. The van der Waals surface area contributed by atoms with E-state index < -0.39 is 0 Å². The van der Waals surface area contributed by atoms with Crippen LogP contribution in [-0.4, -0.2) is 12.9 Å². The van der Waals surface area contributed by atoms with Crippen LogP contribution in [0.25, 0.3) is 0 Å². The maximum Gasteiger partial charge on any atom is 0.169 e. The first-order valence-corrected chi connectivity index (χ1v) is 7.18. The fourth-order valence-electron chi connectivity index (χ4n) is 1.92. The van der Waals surface area contributed by atoms with Crippen LogP contribution >= 0.6 is 15.9 Å². The van der Waals surface area contributed by atoms with Gasteiger partial charge >= 0.3 is 0 Å². The van der Waals surface area contributed by atoms with Crippen LogP contribution in [0.5, 0.6) is 5.75 Å². The first-order valence-electron chi connectivity index (χ1n) is 6.39. The number of aryl methyl sites for hydroxylation is 1. The van der Waals surface area contributed by atoms with E-state index in [2.05, 4.69) is 22.9 Å². The van der Waals surface area contributed by atoms with E-state index in [1.54, 1.807) is 7.11 Å². The minimum Gasteiger partial charge on any atom is -0.496 e. The van der Waals surface area contributed by atoms with Gasteiger partial charge in [-0.15, -0.1) is 0 Å². The number of Topliss-reactive ketones (excluding diaryl/α,β-unsaturated/α-hetero) is 1. The summed E-state index contributed by atoms with van der Waals surface area (Å²) in [6, 6.07) is 3.78. The van der Waals surface area contributed by atoms with Crippen molar-refractivity contribution in [1.82, 2.24) is 0 Å². The van der Waals surface area contributed by atoms with Crippen LogP contribution in [0, 0.1) is 12.8 Å². The second-order valence-corrected chi connectivity index (χ2v) is 5.56. The Labute approximate surface area is 118 Å². The third-order valence-corrected chi connectivity index (χ3v) is 4.04. The number of rotatable bonds is 6. The SMILES string of the molecule is CCCCC(C)C(=O)c1cc(Br)c(C)cc1OC. The van der Waals surface area contributed by atoms with Crippen LogP contribution in [0.15, 0.2) is 16.6 Å². The Kier molecular flexibility index (Phi) is 5.86. The third kappa shape index (κ3) is 3.58. The zero-order chi connectivity index (χ0) is 13.7. The number of hydrogen-bond donors (Lipinski definition) is 0. The maximum absolute atomic E-state index is 12.4. The monoisotopic (exact) mass is 312 g/mol. The van der Waals surface area contributed by atoms with Crippen LogP contribution in [0.4, 0.5) is 0 Å². The summed E-state index contributed by atoms with van der Waals surface area (Å²) in [7, 11) is 1.61. The van der Waals surface area contributed by atoms with Crippen molar-refractivity contribution >= 4 is 21.7 Å². The average molecular weight is 313 g/mol. The fraction of sp³-hybridized carbons (Fsp3) is 0.533. The van der Waals surface area contributed by atoms with E-state index in [0.29, 0.717) is 11.3 Å². The van der Waals surface area contributed by atoms with Crippen molar-refractivity contribution in [2.24, 2.45) is 5.92 Å². The van der Waals surface area contributed by atoms with Crippen LogP contribution in [0.2, 0.25) is 0 Å². The van der Waals surface area contributed by atoms with Gasteiger partial charge in [-0.25, -0.2) is 0 Å². The second kappa shape index (κ2) is 6.93. The summed E-state index contributed by atoms with van der Waals surface area (Å²) in [6.07, 6.45) is 3.14. The minimum absolute atomic E-state index is 0.0495. The van der Waals surface area contributed by atoms with Crippen molar-refractivity contribution in [2.45, 2.75) is 40.0 Å². The number of unbranched alkanes of at least 4 members (excludes halogenated alkanes) is 1. The van der Waals surface area contributed by atoms with Gasteiger partial charge in [0.05, 0.1) is 12.7 Å². The van der Waals surface area contributed by atoms with Gasteiger partial charge in [0.2, 0.25) is 0 Å². The van der Waals surface area contributed by atoms with E-state index in [1.807, 2.05) is 26.0 Å². The Morgan fingerprint density at radius 3 is 2.67 bits per heavy atom. The predicted molar refractivity (Wildman–Crippen MR) is 78.5 cm³/mol. The number of carbonyl (C=O) groups excluding carboxylic acids is 1. The largest absolute Gasteiger partial charge is 0.496 e. The number of hydrogen-bond acceptors (Lipinski definition) is 2. The number of ether oxygens (including phenoxy) is 1. The number of ketones is 1. The molecule has 0 aliphatic rings. The van der Waals surface area contributed by atoms with Gasteiger partial charge in [-0.05, 0) is 31.0 Å². The number of carbonyl (C=O) groups is 1. The molecule has 1 rings (SSSR count). The summed E-state index contributed by atoms with van der Waals surface area (Å²) in [5.74, 6) is 0.888. The summed E-state index contributed by atoms with van der Waals surface area (Å²) in [5, 5.41) is 0. The molecule has 0 saturated carbocycles. The van der Waals surface area contributed by atoms with Crippen molar-refractivity contribution in [3.05, 3.63) is 27.7 Å². The molecule has 0 fully saturated rings. The Balaban J connectivity index is 3.00. The van der Waals surface area contributed by atoms with Gasteiger partial charge in [0.25, 0.3) is 0 Å². The van der Waals surface area contributed by atoms with Crippen LogP contribution in [0.3, 0.4) is 0 Å². The lowest BCUT2D eigenvalue weighted by Crippen LogP contribution is -2.13. The molecule has 100 valence electrons. The van der Waals surface area contributed by atoms with E-state index >= 15 is 0 Å². The molecule has 2 nitrogen and oxygen atoms in total. The molecule has 3 heteroatoms. The van der Waals surface area contributed by atoms with Gasteiger partial charge < -0.3 is 4.74 Å². The van der Waals surface area contributed by atoms with Crippen molar-refractivity contribution in [3.8, 4) is 5.75 Å². The lowest BCUT2D eigenvalue weighted by Gasteiger charge is -2.14. The van der Waals surface area contributed by atoms with Gasteiger partial charge in [-0.2, -0.15) is 0 Å². The van der Waals surface area contributed by atoms with E-state index in [4.69, 9.17) is 4.74 Å². The maximum atomic E-state index is 12.4. The smallest absolute Gasteiger partial charge is 0.169 e. The summed E-state index contributed by atoms with van der Waals surface area (Å²) < 4.78 is 6.27. The Bertz CT molecular complexity index is 427. The first kappa shape index (κ1) is 15.2. The van der Waals surface area contributed by atoms with E-state index in [0.717, 1.165) is 29.3 Å². The zero-order valence-corrected chi connectivity index (χ0v) is 13.1. The number of halogens is 1.